The van der Waals surface area contributed by atoms with Gasteiger partial charge in [-0.1, -0.05) is 48.5 Å². The van der Waals surface area contributed by atoms with E-state index < -0.39 is 0 Å². The summed E-state index contributed by atoms with van der Waals surface area (Å²) in [6.07, 6.45) is 0. The molecule has 0 aliphatic heterocycles. The normalized spacial score (nSPS) is 10.5. The number of hydrogen-bond donors (Lipinski definition) is 1. The number of anilines is 1. The Morgan fingerprint density at radius 3 is 2.35 bits per heavy atom. The molecule has 3 aromatic carbocycles. The molecule has 0 aliphatic carbocycles. The van der Waals surface area contributed by atoms with Crippen molar-refractivity contribution in [3.63, 3.8) is 0 Å². The molecule has 0 spiro atoms. The first-order valence-corrected chi connectivity index (χ1v) is 8.54. The van der Waals surface area contributed by atoms with Crippen molar-refractivity contribution < 1.29 is 14.2 Å². The zero-order chi connectivity index (χ0) is 18.2. The summed E-state index contributed by atoms with van der Waals surface area (Å²) in [6.45, 7) is 1.55. The number of nitrogen functional groups attached to an aromatic ring is 1. The van der Waals surface area contributed by atoms with Crippen LogP contribution in [-0.4, -0.2) is 20.3 Å². The lowest BCUT2D eigenvalue weighted by atomic mass is 10.0. The van der Waals surface area contributed by atoms with Gasteiger partial charge in [0.2, 0.25) is 0 Å². The highest BCUT2D eigenvalue weighted by atomic mass is 16.5. The van der Waals surface area contributed by atoms with Crippen LogP contribution in [0, 0.1) is 0 Å². The molecule has 0 aliphatic rings. The van der Waals surface area contributed by atoms with Crippen molar-refractivity contribution in [2.24, 2.45) is 0 Å². The van der Waals surface area contributed by atoms with Gasteiger partial charge in [0.05, 0.1) is 12.3 Å². The molecule has 0 unspecified atom stereocenters. The molecule has 0 fully saturated rings. The number of rotatable bonds is 8. The number of ether oxygens (including phenoxy) is 3. The summed E-state index contributed by atoms with van der Waals surface area (Å²) in [5.41, 5.74) is 9.93. The maximum atomic E-state index is 6.12. The topological polar surface area (TPSA) is 53.7 Å². The quantitative estimate of drug-likeness (QED) is 0.479. The summed E-state index contributed by atoms with van der Waals surface area (Å²) in [7, 11) is 1.64. The SMILES string of the molecule is COCCOc1ccc(-c2cccc(OCc3ccccc3)c2)cc1N. The second kappa shape index (κ2) is 8.92. The molecule has 3 rings (SSSR count). The Hall–Kier alpha value is -2.98. The molecule has 0 saturated heterocycles. The Morgan fingerprint density at radius 2 is 1.58 bits per heavy atom. The largest absolute Gasteiger partial charge is 0.489 e. The van der Waals surface area contributed by atoms with E-state index in [1.165, 1.54) is 0 Å². The minimum absolute atomic E-state index is 0.475. The average Bonchev–Trinajstić information content (AvgIpc) is 2.69. The number of hydrogen-bond acceptors (Lipinski definition) is 4. The first-order chi connectivity index (χ1) is 12.8. The molecule has 134 valence electrons. The van der Waals surface area contributed by atoms with Crippen LogP contribution in [0.4, 0.5) is 5.69 Å². The van der Waals surface area contributed by atoms with E-state index in [0.717, 1.165) is 22.4 Å². The van der Waals surface area contributed by atoms with Gasteiger partial charge in [-0.2, -0.15) is 0 Å². The van der Waals surface area contributed by atoms with Gasteiger partial charge in [0.15, 0.2) is 0 Å². The molecule has 0 aromatic heterocycles. The van der Waals surface area contributed by atoms with Gasteiger partial charge in [0, 0.05) is 7.11 Å². The van der Waals surface area contributed by atoms with Gasteiger partial charge >= 0.3 is 0 Å². The lowest BCUT2D eigenvalue weighted by molar-refractivity contribution is 0.147. The van der Waals surface area contributed by atoms with Gasteiger partial charge in [-0.3, -0.25) is 0 Å². The van der Waals surface area contributed by atoms with Crippen LogP contribution in [0.3, 0.4) is 0 Å². The maximum Gasteiger partial charge on any atom is 0.142 e. The van der Waals surface area contributed by atoms with E-state index in [0.29, 0.717) is 31.3 Å². The Balaban J connectivity index is 1.70. The van der Waals surface area contributed by atoms with Gasteiger partial charge in [-0.15, -0.1) is 0 Å². The maximum absolute atomic E-state index is 6.12. The predicted octanol–water partition coefficient (Wildman–Crippen LogP) is 4.54. The van der Waals surface area contributed by atoms with Crippen LogP contribution in [-0.2, 0) is 11.3 Å². The van der Waals surface area contributed by atoms with Gasteiger partial charge in [0.1, 0.15) is 24.7 Å². The Kier molecular flexibility index (Phi) is 6.12. The molecule has 4 nitrogen and oxygen atoms in total. The summed E-state index contributed by atoms with van der Waals surface area (Å²) in [5.74, 6) is 1.49. The monoisotopic (exact) mass is 349 g/mol. The molecule has 0 heterocycles. The minimum Gasteiger partial charge on any atom is -0.489 e. The number of benzene rings is 3. The van der Waals surface area contributed by atoms with Crippen molar-refractivity contribution in [3.05, 3.63) is 78.4 Å². The molecule has 0 bridgehead atoms. The standard InChI is InChI=1S/C22H23NO3/c1-24-12-13-25-22-11-10-19(15-21(22)23)18-8-5-9-20(14-18)26-16-17-6-3-2-4-7-17/h2-11,14-15H,12-13,16,23H2,1H3. The van der Waals surface area contributed by atoms with Crippen LogP contribution in [0.15, 0.2) is 72.8 Å². The fourth-order valence-electron chi connectivity index (χ4n) is 2.60. The van der Waals surface area contributed by atoms with Crippen molar-refractivity contribution in [1.29, 1.82) is 0 Å². The van der Waals surface area contributed by atoms with Crippen molar-refractivity contribution >= 4 is 5.69 Å². The van der Waals surface area contributed by atoms with E-state index in [1.807, 2.05) is 72.8 Å². The molecule has 0 radical (unpaired) electrons. The zero-order valence-electron chi connectivity index (χ0n) is 14.9. The highest BCUT2D eigenvalue weighted by Gasteiger charge is 2.05. The van der Waals surface area contributed by atoms with Crippen LogP contribution >= 0.6 is 0 Å². The lowest BCUT2D eigenvalue weighted by Crippen LogP contribution is -2.05. The molecular weight excluding hydrogens is 326 g/mol. The Bertz CT molecular complexity index is 834. The predicted molar refractivity (Wildman–Crippen MR) is 104 cm³/mol. The molecule has 0 amide bonds. The molecule has 0 atom stereocenters. The van der Waals surface area contributed by atoms with Crippen LogP contribution in [0.5, 0.6) is 11.5 Å². The highest BCUT2D eigenvalue weighted by molar-refractivity contribution is 5.71. The van der Waals surface area contributed by atoms with Gasteiger partial charge in [-0.05, 0) is 41.0 Å². The van der Waals surface area contributed by atoms with Crippen LogP contribution < -0.4 is 15.2 Å². The first kappa shape index (κ1) is 17.8. The van der Waals surface area contributed by atoms with Crippen molar-refractivity contribution in [3.8, 4) is 22.6 Å². The van der Waals surface area contributed by atoms with Crippen molar-refractivity contribution in [2.45, 2.75) is 6.61 Å². The van der Waals surface area contributed by atoms with Crippen LogP contribution in [0.25, 0.3) is 11.1 Å². The molecule has 4 heteroatoms. The van der Waals surface area contributed by atoms with E-state index in [1.54, 1.807) is 7.11 Å². The van der Waals surface area contributed by atoms with Gasteiger partial charge in [-0.25, -0.2) is 0 Å². The van der Waals surface area contributed by atoms with Crippen molar-refractivity contribution in [2.75, 3.05) is 26.1 Å². The van der Waals surface area contributed by atoms with Gasteiger partial charge in [0.25, 0.3) is 0 Å². The fraction of sp³-hybridized carbons (Fsp3) is 0.182. The van der Waals surface area contributed by atoms with Crippen molar-refractivity contribution in [1.82, 2.24) is 0 Å². The minimum atomic E-state index is 0.475. The second-order valence-electron chi connectivity index (χ2n) is 5.90. The summed E-state index contributed by atoms with van der Waals surface area (Å²) in [5, 5.41) is 0. The van der Waals surface area contributed by atoms with Crippen LogP contribution in [0.1, 0.15) is 5.56 Å². The molecular formula is C22H23NO3. The molecule has 0 saturated carbocycles. The molecule has 2 N–H and O–H groups in total. The average molecular weight is 349 g/mol. The third-order valence-electron chi connectivity index (χ3n) is 3.97. The smallest absolute Gasteiger partial charge is 0.142 e. The number of methoxy groups -OCH3 is 1. The van der Waals surface area contributed by atoms with E-state index >= 15 is 0 Å². The Labute approximate surface area is 154 Å². The number of nitrogens with two attached hydrogens (primary N) is 1. The zero-order valence-corrected chi connectivity index (χ0v) is 14.9. The van der Waals surface area contributed by atoms with E-state index in [2.05, 4.69) is 0 Å². The van der Waals surface area contributed by atoms with E-state index in [4.69, 9.17) is 19.9 Å². The van der Waals surface area contributed by atoms with Gasteiger partial charge < -0.3 is 19.9 Å². The van der Waals surface area contributed by atoms with E-state index in [-0.39, 0.29) is 0 Å². The van der Waals surface area contributed by atoms with Crippen LogP contribution in [0.2, 0.25) is 0 Å². The molecule has 3 aromatic rings. The summed E-state index contributed by atoms with van der Waals surface area (Å²) < 4.78 is 16.5. The first-order valence-electron chi connectivity index (χ1n) is 8.54. The third kappa shape index (κ3) is 4.77. The highest BCUT2D eigenvalue weighted by Crippen LogP contribution is 2.30. The fourth-order valence-corrected chi connectivity index (χ4v) is 2.60. The summed E-state index contributed by atoms with van der Waals surface area (Å²) in [4.78, 5) is 0. The molecule has 26 heavy (non-hydrogen) atoms. The second-order valence-corrected chi connectivity index (χ2v) is 5.90. The van der Waals surface area contributed by atoms with E-state index in [9.17, 15) is 0 Å². The lowest BCUT2D eigenvalue weighted by Gasteiger charge is -2.11. The Morgan fingerprint density at radius 1 is 0.769 bits per heavy atom. The summed E-state index contributed by atoms with van der Waals surface area (Å²) >= 11 is 0. The third-order valence-corrected chi connectivity index (χ3v) is 3.97. The summed E-state index contributed by atoms with van der Waals surface area (Å²) in [6, 6.07) is 23.9.